The van der Waals surface area contributed by atoms with Gasteiger partial charge in [-0.3, -0.25) is 0 Å². The predicted octanol–water partition coefficient (Wildman–Crippen LogP) is 3.00. The van der Waals surface area contributed by atoms with E-state index in [1.165, 1.54) is 0 Å². The fourth-order valence-electron chi connectivity index (χ4n) is 2.68. The first-order chi connectivity index (χ1) is 10.7. The van der Waals surface area contributed by atoms with E-state index in [4.69, 9.17) is 9.47 Å². The summed E-state index contributed by atoms with van der Waals surface area (Å²) in [6, 6.07) is 5.75. The number of hydrogen-bond donors (Lipinski definition) is 2. The molecule has 1 heterocycles. The predicted molar refractivity (Wildman–Crippen MR) is 85.3 cm³/mol. The van der Waals surface area contributed by atoms with Gasteiger partial charge in [-0.1, -0.05) is 18.2 Å². The second kappa shape index (κ2) is 6.83. The highest BCUT2D eigenvalue weighted by atomic mass is 16.5. The number of hydrogen-bond acceptors (Lipinski definition) is 3. The standard InChI is InChI=1S/C17H22N2O3/c1-12-6-7-14(10-16(12)22-15-8-9-21-11-15)19-17(20)18-13-4-2-3-5-13/h2-3,6-7,10,13,15H,4-5,8-9,11H2,1H3,(H2,18,19,20)/t15-/m0/s1. The molecule has 118 valence electrons. The molecule has 5 nitrogen and oxygen atoms in total. The fourth-order valence-corrected chi connectivity index (χ4v) is 2.68. The summed E-state index contributed by atoms with van der Waals surface area (Å²) in [7, 11) is 0. The lowest BCUT2D eigenvalue weighted by Gasteiger charge is -2.16. The Morgan fingerprint density at radius 2 is 2.14 bits per heavy atom. The molecule has 1 atom stereocenters. The molecule has 0 unspecified atom stereocenters. The van der Waals surface area contributed by atoms with E-state index in [2.05, 4.69) is 22.8 Å². The van der Waals surface area contributed by atoms with E-state index in [0.717, 1.165) is 42.9 Å². The van der Waals surface area contributed by atoms with E-state index in [1.807, 2.05) is 25.1 Å². The maximum Gasteiger partial charge on any atom is 0.319 e. The summed E-state index contributed by atoms with van der Waals surface area (Å²) >= 11 is 0. The van der Waals surface area contributed by atoms with Crippen LogP contribution >= 0.6 is 0 Å². The lowest BCUT2D eigenvalue weighted by molar-refractivity contribution is 0.141. The van der Waals surface area contributed by atoms with Crippen molar-refractivity contribution in [1.29, 1.82) is 0 Å². The fraction of sp³-hybridized carbons (Fsp3) is 0.471. The first-order valence-corrected chi connectivity index (χ1v) is 7.78. The minimum absolute atomic E-state index is 0.104. The first-order valence-electron chi connectivity index (χ1n) is 7.78. The number of amides is 2. The van der Waals surface area contributed by atoms with Crippen LogP contribution in [0.1, 0.15) is 24.8 Å². The van der Waals surface area contributed by atoms with Gasteiger partial charge in [-0.2, -0.15) is 0 Å². The zero-order valence-corrected chi connectivity index (χ0v) is 12.8. The summed E-state index contributed by atoms with van der Waals surface area (Å²) in [6.45, 7) is 3.38. The SMILES string of the molecule is Cc1ccc(NC(=O)NC2CC=CC2)cc1O[C@H]1CCOC1. The quantitative estimate of drug-likeness (QED) is 0.841. The number of carbonyl (C=O) groups is 1. The van der Waals surface area contributed by atoms with Gasteiger partial charge in [0.1, 0.15) is 11.9 Å². The molecule has 1 aliphatic heterocycles. The molecule has 0 saturated carbocycles. The molecular formula is C17H22N2O3. The highest BCUT2D eigenvalue weighted by Gasteiger charge is 2.18. The average molecular weight is 302 g/mol. The van der Waals surface area contributed by atoms with Crippen LogP contribution in [0, 0.1) is 6.92 Å². The summed E-state index contributed by atoms with van der Waals surface area (Å²) in [5.41, 5.74) is 1.79. The van der Waals surface area contributed by atoms with Gasteiger partial charge < -0.3 is 20.1 Å². The summed E-state index contributed by atoms with van der Waals surface area (Å²) < 4.78 is 11.3. The van der Waals surface area contributed by atoms with Gasteiger partial charge in [0.05, 0.1) is 13.2 Å². The molecule has 3 rings (SSSR count). The summed E-state index contributed by atoms with van der Waals surface area (Å²) in [5.74, 6) is 0.802. The van der Waals surface area contributed by atoms with Gasteiger partial charge in [0.15, 0.2) is 0 Å². The molecule has 2 amide bonds. The second-order valence-corrected chi connectivity index (χ2v) is 5.82. The number of aryl methyl sites for hydroxylation is 1. The summed E-state index contributed by atoms with van der Waals surface area (Å²) in [4.78, 5) is 12.0. The molecule has 1 aromatic rings. The molecule has 1 aliphatic carbocycles. The van der Waals surface area contributed by atoms with Gasteiger partial charge >= 0.3 is 6.03 Å². The third-order valence-electron chi connectivity index (χ3n) is 3.97. The lowest BCUT2D eigenvalue weighted by atomic mass is 10.2. The third kappa shape index (κ3) is 3.80. The number of carbonyl (C=O) groups excluding carboxylic acids is 1. The monoisotopic (exact) mass is 302 g/mol. The minimum Gasteiger partial charge on any atom is -0.488 e. The van der Waals surface area contributed by atoms with Gasteiger partial charge in [0.25, 0.3) is 0 Å². The Bertz CT molecular complexity index is 557. The number of anilines is 1. The van der Waals surface area contributed by atoms with E-state index in [1.54, 1.807) is 0 Å². The lowest BCUT2D eigenvalue weighted by Crippen LogP contribution is -2.36. The second-order valence-electron chi connectivity index (χ2n) is 5.82. The van der Waals surface area contributed by atoms with Gasteiger partial charge in [-0.15, -0.1) is 0 Å². The number of ether oxygens (including phenoxy) is 2. The van der Waals surface area contributed by atoms with Gasteiger partial charge in [-0.05, 0) is 31.4 Å². The van der Waals surface area contributed by atoms with Crippen molar-refractivity contribution in [1.82, 2.24) is 5.32 Å². The van der Waals surface area contributed by atoms with Crippen molar-refractivity contribution in [2.24, 2.45) is 0 Å². The molecular weight excluding hydrogens is 280 g/mol. The van der Waals surface area contributed by atoms with Crippen molar-refractivity contribution in [2.45, 2.75) is 38.3 Å². The van der Waals surface area contributed by atoms with Gasteiger partial charge in [0, 0.05) is 24.2 Å². The number of nitrogens with one attached hydrogen (secondary N) is 2. The van der Waals surface area contributed by atoms with Crippen molar-refractivity contribution < 1.29 is 14.3 Å². The van der Waals surface area contributed by atoms with Crippen LogP contribution in [-0.2, 0) is 4.74 Å². The van der Waals surface area contributed by atoms with Crippen LogP contribution in [0.3, 0.4) is 0 Å². The third-order valence-corrected chi connectivity index (χ3v) is 3.97. The topological polar surface area (TPSA) is 59.6 Å². The Morgan fingerprint density at radius 1 is 1.32 bits per heavy atom. The molecule has 1 fully saturated rings. The van der Waals surface area contributed by atoms with Gasteiger partial charge in [0.2, 0.25) is 0 Å². The Balaban J connectivity index is 1.59. The van der Waals surface area contributed by atoms with Crippen LogP contribution in [-0.4, -0.2) is 31.4 Å². The van der Waals surface area contributed by atoms with Crippen LogP contribution in [0.25, 0.3) is 0 Å². The minimum atomic E-state index is -0.173. The van der Waals surface area contributed by atoms with Crippen LogP contribution in [0.2, 0.25) is 0 Å². The molecule has 0 spiro atoms. The normalized spacial score (nSPS) is 21.0. The molecule has 1 saturated heterocycles. The Morgan fingerprint density at radius 3 is 2.86 bits per heavy atom. The Kier molecular flexibility index (Phi) is 4.63. The molecule has 22 heavy (non-hydrogen) atoms. The van der Waals surface area contributed by atoms with E-state index in [-0.39, 0.29) is 18.2 Å². The van der Waals surface area contributed by atoms with Crippen molar-refractivity contribution in [3.63, 3.8) is 0 Å². The van der Waals surface area contributed by atoms with Crippen LogP contribution in [0.4, 0.5) is 10.5 Å². The zero-order valence-electron chi connectivity index (χ0n) is 12.8. The first kappa shape index (κ1) is 14.9. The number of urea groups is 1. The highest BCUT2D eigenvalue weighted by Crippen LogP contribution is 2.25. The molecule has 1 aromatic carbocycles. The van der Waals surface area contributed by atoms with Crippen molar-refractivity contribution in [2.75, 3.05) is 18.5 Å². The largest absolute Gasteiger partial charge is 0.488 e. The Hall–Kier alpha value is -2.01. The maximum absolute atomic E-state index is 12.0. The van der Waals surface area contributed by atoms with Crippen molar-refractivity contribution in [3.05, 3.63) is 35.9 Å². The molecule has 2 N–H and O–H groups in total. The van der Waals surface area contributed by atoms with E-state index < -0.39 is 0 Å². The zero-order chi connectivity index (χ0) is 15.4. The number of rotatable bonds is 4. The maximum atomic E-state index is 12.0. The van der Waals surface area contributed by atoms with Crippen molar-refractivity contribution in [3.8, 4) is 5.75 Å². The highest BCUT2D eigenvalue weighted by molar-refractivity contribution is 5.89. The summed E-state index contributed by atoms with van der Waals surface area (Å²) in [5, 5.41) is 5.83. The smallest absolute Gasteiger partial charge is 0.319 e. The molecule has 5 heteroatoms. The van der Waals surface area contributed by atoms with E-state index >= 15 is 0 Å². The van der Waals surface area contributed by atoms with E-state index in [0.29, 0.717) is 6.61 Å². The van der Waals surface area contributed by atoms with Crippen molar-refractivity contribution >= 4 is 11.7 Å². The van der Waals surface area contributed by atoms with Crippen LogP contribution in [0.15, 0.2) is 30.4 Å². The number of benzene rings is 1. The van der Waals surface area contributed by atoms with Gasteiger partial charge in [-0.25, -0.2) is 4.79 Å². The van der Waals surface area contributed by atoms with E-state index in [9.17, 15) is 4.79 Å². The summed E-state index contributed by atoms with van der Waals surface area (Å²) in [6.07, 6.45) is 6.99. The molecule has 0 radical (unpaired) electrons. The molecule has 0 aromatic heterocycles. The molecule has 0 bridgehead atoms. The molecule has 2 aliphatic rings. The van der Waals surface area contributed by atoms with Crippen LogP contribution < -0.4 is 15.4 Å². The van der Waals surface area contributed by atoms with Crippen LogP contribution in [0.5, 0.6) is 5.75 Å². The Labute approximate surface area is 130 Å². The average Bonchev–Trinajstić information content (AvgIpc) is 3.16.